The van der Waals surface area contributed by atoms with Crippen LogP contribution in [0.4, 0.5) is 0 Å². The maximum Gasteiger partial charge on any atom is 0.152 e. The highest BCUT2D eigenvalue weighted by atomic mass is 16.1. The SMILES string of the molecule is CC(=O)C=Cc1cn(C)c2cc(C(C)C)ccc12. The minimum absolute atomic E-state index is 0.0748. The number of rotatable bonds is 3. The van der Waals surface area contributed by atoms with Gasteiger partial charge in [0, 0.05) is 29.7 Å². The molecular weight excluding hydrogens is 222 g/mol. The van der Waals surface area contributed by atoms with Gasteiger partial charge < -0.3 is 4.57 Å². The first-order valence-electron chi connectivity index (χ1n) is 6.26. The normalized spacial score (nSPS) is 11.8. The third-order valence-corrected chi connectivity index (χ3v) is 3.21. The highest BCUT2D eigenvalue weighted by Crippen LogP contribution is 2.26. The third-order valence-electron chi connectivity index (χ3n) is 3.21. The van der Waals surface area contributed by atoms with Crippen molar-refractivity contribution in [1.82, 2.24) is 4.57 Å². The van der Waals surface area contributed by atoms with Crippen LogP contribution >= 0.6 is 0 Å². The number of benzene rings is 1. The summed E-state index contributed by atoms with van der Waals surface area (Å²) in [4.78, 5) is 11.0. The molecule has 0 aliphatic rings. The Bertz CT molecular complexity index is 617. The molecule has 1 aromatic carbocycles. The van der Waals surface area contributed by atoms with Crippen LogP contribution in [0, 0.1) is 0 Å². The summed E-state index contributed by atoms with van der Waals surface area (Å²) in [7, 11) is 2.04. The topological polar surface area (TPSA) is 22.0 Å². The molecule has 2 heteroatoms. The van der Waals surface area contributed by atoms with Crippen molar-refractivity contribution in [1.29, 1.82) is 0 Å². The molecule has 0 saturated heterocycles. The number of nitrogens with zero attached hydrogens (tertiary/aromatic N) is 1. The lowest BCUT2D eigenvalue weighted by Gasteiger charge is -2.06. The molecule has 0 saturated carbocycles. The molecule has 0 aliphatic carbocycles. The van der Waals surface area contributed by atoms with Crippen molar-refractivity contribution in [2.45, 2.75) is 26.7 Å². The molecule has 94 valence electrons. The van der Waals surface area contributed by atoms with E-state index in [1.807, 2.05) is 13.1 Å². The number of carbonyl (C=O) groups excluding carboxylic acids is 1. The van der Waals surface area contributed by atoms with Crippen LogP contribution in [0.15, 0.2) is 30.5 Å². The van der Waals surface area contributed by atoms with Crippen molar-refractivity contribution in [3.63, 3.8) is 0 Å². The van der Waals surface area contributed by atoms with Gasteiger partial charge in [0.1, 0.15) is 0 Å². The van der Waals surface area contributed by atoms with E-state index in [2.05, 4.69) is 42.8 Å². The third kappa shape index (κ3) is 2.37. The van der Waals surface area contributed by atoms with E-state index >= 15 is 0 Å². The average molecular weight is 241 g/mol. The quantitative estimate of drug-likeness (QED) is 0.747. The van der Waals surface area contributed by atoms with Crippen molar-refractivity contribution >= 4 is 22.8 Å². The second kappa shape index (κ2) is 4.81. The van der Waals surface area contributed by atoms with Gasteiger partial charge in [0.25, 0.3) is 0 Å². The van der Waals surface area contributed by atoms with Gasteiger partial charge in [-0.1, -0.05) is 26.0 Å². The van der Waals surface area contributed by atoms with Crippen molar-refractivity contribution < 1.29 is 4.79 Å². The Morgan fingerprint density at radius 3 is 2.67 bits per heavy atom. The molecule has 1 aromatic heterocycles. The van der Waals surface area contributed by atoms with Crippen molar-refractivity contribution in [2.75, 3.05) is 0 Å². The van der Waals surface area contributed by atoms with Crippen molar-refractivity contribution in [2.24, 2.45) is 7.05 Å². The predicted octanol–water partition coefficient (Wildman–Crippen LogP) is 3.90. The van der Waals surface area contributed by atoms with E-state index in [0.29, 0.717) is 5.92 Å². The lowest BCUT2D eigenvalue weighted by atomic mass is 10.0. The molecule has 0 fully saturated rings. The highest BCUT2D eigenvalue weighted by Gasteiger charge is 2.07. The van der Waals surface area contributed by atoms with Crippen LogP contribution in [0.5, 0.6) is 0 Å². The Balaban J connectivity index is 2.55. The van der Waals surface area contributed by atoms with Gasteiger partial charge in [-0.2, -0.15) is 0 Å². The zero-order valence-corrected chi connectivity index (χ0v) is 11.4. The fourth-order valence-corrected chi connectivity index (χ4v) is 2.13. The van der Waals surface area contributed by atoms with Crippen LogP contribution in [0.25, 0.3) is 17.0 Å². The summed E-state index contributed by atoms with van der Waals surface area (Å²) in [6.07, 6.45) is 5.57. The number of hydrogen-bond donors (Lipinski definition) is 0. The number of carbonyl (C=O) groups is 1. The minimum atomic E-state index is 0.0748. The number of hydrogen-bond acceptors (Lipinski definition) is 1. The molecule has 0 amide bonds. The second-order valence-electron chi connectivity index (χ2n) is 5.07. The number of fused-ring (bicyclic) bond motifs is 1. The van der Waals surface area contributed by atoms with Crippen molar-refractivity contribution in [3.8, 4) is 0 Å². The van der Waals surface area contributed by atoms with Crippen LogP contribution in [-0.4, -0.2) is 10.4 Å². The summed E-state index contributed by atoms with van der Waals surface area (Å²) >= 11 is 0. The Kier molecular flexibility index (Phi) is 3.37. The molecule has 0 aliphatic heterocycles. The van der Waals surface area contributed by atoms with Crippen LogP contribution < -0.4 is 0 Å². The van der Waals surface area contributed by atoms with E-state index in [4.69, 9.17) is 0 Å². The fraction of sp³-hybridized carbons (Fsp3) is 0.312. The summed E-state index contributed by atoms with van der Waals surface area (Å²) in [6.45, 7) is 5.96. The van der Waals surface area contributed by atoms with E-state index < -0.39 is 0 Å². The van der Waals surface area contributed by atoms with E-state index in [0.717, 1.165) is 5.56 Å². The fourth-order valence-electron chi connectivity index (χ4n) is 2.13. The standard InChI is InChI=1S/C16H19NO/c1-11(2)13-7-8-15-14(6-5-12(3)18)10-17(4)16(15)9-13/h5-11H,1-4H3. The van der Waals surface area contributed by atoms with Gasteiger partial charge in [0.15, 0.2) is 5.78 Å². The number of aryl methyl sites for hydroxylation is 1. The maximum absolute atomic E-state index is 11.0. The number of ketones is 1. The first kappa shape index (κ1) is 12.6. The number of aromatic nitrogens is 1. The van der Waals surface area contributed by atoms with E-state index in [-0.39, 0.29) is 5.78 Å². The molecule has 0 N–H and O–H groups in total. The van der Waals surface area contributed by atoms with Crippen molar-refractivity contribution in [3.05, 3.63) is 41.6 Å². The van der Waals surface area contributed by atoms with Gasteiger partial charge in [-0.3, -0.25) is 4.79 Å². The molecule has 18 heavy (non-hydrogen) atoms. The van der Waals surface area contributed by atoms with Gasteiger partial charge in [-0.25, -0.2) is 0 Å². The molecule has 0 atom stereocenters. The summed E-state index contributed by atoms with van der Waals surface area (Å²) in [6, 6.07) is 6.54. The molecule has 2 nitrogen and oxygen atoms in total. The summed E-state index contributed by atoms with van der Waals surface area (Å²) in [5.41, 5.74) is 3.65. The molecule has 2 rings (SSSR count). The highest BCUT2D eigenvalue weighted by molar-refractivity contribution is 5.96. The Labute approximate surface area is 108 Å². The van der Waals surface area contributed by atoms with E-state index in [1.54, 1.807) is 13.0 Å². The zero-order chi connectivity index (χ0) is 13.3. The molecule has 0 spiro atoms. The Morgan fingerprint density at radius 2 is 2.06 bits per heavy atom. The molecule has 2 aromatic rings. The molecule has 1 heterocycles. The summed E-state index contributed by atoms with van der Waals surface area (Å²) in [5, 5.41) is 1.19. The maximum atomic E-state index is 11.0. The van der Waals surface area contributed by atoms with Gasteiger partial charge in [0.2, 0.25) is 0 Å². The van der Waals surface area contributed by atoms with Crippen LogP contribution in [-0.2, 0) is 11.8 Å². The molecule has 0 radical (unpaired) electrons. The first-order valence-corrected chi connectivity index (χ1v) is 6.26. The summed E-state index contributed by atoms with van der Waals surface area (Å²) < 4.78 is 2.11. The molecule has 0 bridgehead atoms. The van der Waals surface area contributed by atoms with Gasteiger partial charge in [-0.15, -0.1) is 0 Å². The lowest BCUT2D eigenvalue weighted by Crippen LogP contribution is -1.89. The van der Waals surface area contributed by atoms with E-state index in [1.165, 1.54) is 16.5 Å². The van der Waals surface area contributed by atoms with Crippen LogP contribution in [0.2, 0.25) is 0 Å². The van der Waals surface area contributed by atoms with E-state index in [9.17, 15) is 4.79 Å². The second-order valence-corrected chi connectivity index (χ2v) is 5.07. The molecule has 0 unspecified atom stereocenters. The van der Waals surface area contributed by atoms with Gasteiger partial charge in [-0.05, 0) is 36.6 Å². The Morgan fingerprint density at radius 1 is 1.33 bits per heavy atom. The van der Waals surface area contributed by atoms with Crippen LogP contribution in [0.3, 0.4) is 0 Å². The lowest BCUT2D eigenvalue weighted by molar-refractivity contribution is -0.112. The monoisotopic (exact) mass is 241 g/mol. The average Bonchev–Trinajstić information content (AvgIpc) is 2.63. The zero-order valence-electron chi connectivity index (χ0n) is 11.4. The van der Waals surface area contributed by atoms with Crippen LogP contribution in [0.1, 0.15) is 37.8 Å². The molecular formula is C16H19NO. The van der Waals surface area contributed by atoms with Gasteiger partial charge in [0.05, 0.1) is 0 Å². The summed E-state index contributed by atoms with van der Waals surface area (Å²) in [5.74, 6) is 0.603. The minimum Gasteiger partial charge on any atom is -0.350 e. The number of allylic oxidation sites excluding steroid dienone is 1. The largest absolute Gasteiger partial charge is 0.350 e. The smallest absolute Gasteiger partial charge is 0.152 e. The van der Waals surface area contributed by atoms with Gasteiger partial charge >= 0.3 is 0 Å². The first-order chi connectivity index (χ1) is 8.49. The Hall–Kier alpha value is -1.83. The predicted molar refractivity (Wildman–Crippen MR) is 76.7 cm³/mol.